The van der Waals surface area contributed by atoms with E-state index in [4.69, 9.17) is 5.73 Å². The van der Waals surface area contributed by atoms with Crippen LogP contribution in [0.25, 0.3) is 0 Å². The van der Waals surface area contributed by atoms with E-state index in [9.17, 15) is 0 Å². The van der Waals surface area contributed by atoms with E-state index in [1.807, 2.05) is 6.20 Å². The van der Waals surface area contributed by atoms with Gasteiger partial charge in [-0.15, -0.1) is 0 Å². The van der Waals surface area contributed by atoms with Crippen molar-refractivity contribution in [3.05, 3.63) is 17.7 Å². The molecule has 0 aliphatic carbocycles. The molecule has 2 rings (SSSR count). The number of nitrogens with one attached hydrogen (secondary N) is 1. The smallest absolute Gasteiger partial charge is 0.107 e. The van der Waals surface area contributed by atoms with Gasteiger partial charge >= 0.3 is 0 Å². The Kier molecular flexibility index (Phi) is 2.84. The Morgan fingerprint density at radius 2 is 2.57 bits per heavy atom. The first-order valence-corrected chi connectivity index (χ1v) is 5.25. The molecule has 1 aromatic heterocycles. The molecule has 78 valence electrons. The third kappa shape index (κ3) is 1.81. The molecule has 1 aliphatic heterocycles. The Bertz CT molecular complexity index is 294. The normalized spacial score (nSPS) is 23.1. The maximum atomic E-state index is 5.48. The first-order valence-electron chi connectivity index (χ1n) is 5.25. The Morgan fingerprint density at radius 3 is 3.21 bits per heavy atom. The summed E-state index contributed by atoms with van der Waals surface area (Å²) in [5.41, 5.74) is 6.72. The van der Waals surface area contributed by atoms with Gasteiger partial charge in [0.2, 0.25) is 0 Å². The number of aromatic nitrogens is 2. The van der Waals surface area contributed by atoms with Crippen molar-refractivity contribution in [2.45, 2.75) is 25.3 Å². The van der Waals surface area contributed by atoms with Gasteiger partial charge in [-0.25, -0.2) is 4.98 Å². The van der Waals surface area contributed by atoms with Crippen LogP contribution in [0.15, 0.2) is 6.20 Å². The van der Waals surface area contributed by atoms with Crippen LogP contribution in [0.5, 0.6) is 0 Å². The standard InChI is InChI=1S/C10H18N4/c1-14-6-2-3-9(14)8-7-12-10(13-8)4-5-11/h7,9H,2-6,11H2,1H3,(H,12,13). The molecular weight excluding hydrogens is 176 g/mol. The van der Waals surface area contributed by atoms with Gasteiger partial charge < -0.3 is 10.7 Å². The van der Waals surface area contributed by atoms with Crippen LogP contribution in [0, 0.1) is 0 Å². The van der Waals surface area contributed by atoms with Gasteiger partial charge in [0.15, 0.2) is 0 Å². The molecule has 0 saturated carbocycles. The van der Waals surface area contributed by atoms with E-state index in [1.165, 1.54) is 25.1 Å². The van der Waals surface area contributed by atoms with Gasteiger partial charge in [0, 0.05) is 12.6 Å². The highest BCUT2D eigenvalue weighted by Crippen LogP contribution is 2.28. The zero-order chi connectivity index (χ0) is 9.97. The number of likely N-dealkylation sites (tertiary alicyclic amines) is 1. The van der Waals surface area contributed by atoms with Crippen molar-refractivity contribution in [3.63, 3.8) is 0 Å². The van der Waals surface area contributed by atoms with Crippen LogP contribution < -0.4 is 5.73 Å². The average molecular weight is 194 g/mol. The van der Waals surface area contributed by atoms with Crippen molar-refractivity contribution < 1.29 is 0 Å². The quantitative estimate of drug-likeness (QED) is 0.744. The van der Waals surface area contributed by atoms with Crippen LogP contribution >= 0.6 is 0 Å². The van der Waals surface area contributed by atoms with E-state index in [0.717, 1.165) is 12.2 Å². The minimum absolute atomic E-state index is 0.536. The van der Waals surface area contributed by atoms with E-state index in [0.29, 0.717) is 12.6 Å². The summed E-state index contributed by atoms with van der Waals surface area (Å²) in [4.78, 5) is 10.1. The second-order valence-electron chi connectivity index (χ2n) is 3.96. The predicted molar refractivity (Wildman–Crippen MR) is 56.0 cm³/mol. The van der Waals surface area contributed by atoms with Crippen molar-refractivity contribution in [3.8, 4) is 0 Å². The highest BCUT2D eigenvalue weighted by molar-refractivity contribution is 5.08. The molecule has 1 aromatic rings. The number of rotatable bonds is 3. The maximum absolute atomic E-state index is 5.48. The third-order valence-electron chi connectivity index (χ3n) is 2.91. The molecule has 1 aliphatic rings. The lowest BCUT2D eigenvalue weighted by atomic mass is 10.2. The van der Waals surface area contributed by atoms with Crippen molar-refractivity contribution in [2.75, 3.05) is 20.1 Å². The van der Waals surface area contributed by atoms with Crippen LogP contribution in [0.2, 0.25) is 0 Å². The lowest BCUT2D eigenvalue weighted by molar-refractivity contribution is 0.312. The molecule has 3 N–H and O–H groups in total. The number of nitrogens with two attached hydrogens (primary N) is 1. The summed E-state index contributed by atoms with van der Waals surface area (Å²) in [6, 6.07) is 0.536. The van der Waals surface area contributed by atoms with E-state index in [-0.39, 0.29) is 0 Å². The van der Waals surface area contributed by atoms with Crippen LogP contribution in [0.4, 0.5) is 0 Å². The summed E-state index contributed by atoms with van der Waals surface area (Å²) in [7, 11) is 2.17. The molecule has 0 spiro atoms. The lowest BCUT2D eigenvalue weighted by Crippen LogP contribution is -2.17. The van der Waals surface area contributed by atoms with Crippen molar-refractivity contribution >= 4 is 0 Å². The first kappa shape index (κ1) is 9.68. The molecule has 1 saturated heterocycles. The molecule has 2 heterocycles. The number of H-pyrrole nitrogens is 1. The summed E-state index contributed by atoms with van der Waals surface area (Å²) in [5.74, 6) is 1.02. The number of nitrogens with zero attached hydrogens (tertiary/aromatic N) is 2. The number of hydrogen-bond acceptors (Lipinski definition) is 3. The van der Waals surface area contributed by atoms with Gasteiger partial charge in [-0.1, -0.05) is 0 Å². The summed E-state index contributed by atoms with van der Waals surface area (Å²) < 4.78 is 0. The molecule has 1 unspecified atom stereocenters. The summed E-state index contributed by atoms with van der Waals surface area (Å²) in [6.07, 6.45) is 5.32. The Hall–Kier alpha value is -0.870. The summed E-state index contributed by atoms with van der Waals surface area (Å²) in [5, 5.41) is 0. The Labute approximate surface area is 84.5 Å². The SMILES string of the molecule is CN1CCCC1c1cnc(CCN)[nH]1. The third-order valence-corrected chi connectivity index (χ3v) is 2.91. The number of hydrogen-bond donors (Lipinski definition) is 2. The average Bonchev–Trinajstić information content (AvgIpc) is 2.74. The molecule has 0 amide bonds. The van der Waals surface area contributed by atoms with Gasteiger partial charge in [-0.05, 0) is 33.0 Å². The van der Waals surface area contributed by atoms with Crippen molar-refractivity contribution in [2.24, 2.45) is 5.73 Å². The van der Waals surface area contributed by atoms with Crippen LogP contribution in [0.3, 0.4) is 0 Å². The van der Waals surface area contributed by atoms with Gasteiger partial charge in [-0.2, -0.15) is 0 Å². The zero-order valence-corrected chi connectivity index (χ0v) is 8.66. The fourth-order valence-corrected chi connectivity index (χ4v) is 2.11. The highest BCUT2D eigenvalue weighted by Gasteiger charge is 2.23. The molecule has 1 fully saturated rings. The molecule has 0 bridgehead atoms. The monoisotopic (exact) mass is 194 g/mol. The first-order chi connectivity index (χ1) is 6.81. The van der Waals surface area contributed by atoms with Crippen LogP contribution in [0.1, 0.15) is 30.4 Å². The molecule has 1 atom stereocenters. The number of aromatic amines is 1. The second kappa shape index (κ2) is 4.11. The predicted octanol–water partition coefficient (Wildman–Crippen LogP) is 0.678. The highest BCUT2D eigenvalue weighted by atomic mass is 15.2. The Balaban J connectivity index is 2.08. The fourth-order valence-electron chi connectivity index (χ4n) is 2.11. The molecule has 14 heavy (non-hydrogen) atoms. The minimum Gasteiger partial charge on any atom is -0.345 e. The van der Waals surface area contributed by atoms with E-state index < -0.39 is 0 Å². The lowest BCUT2D eigenvalue weighted by Gasteiger charge is -2.17. The van der Waals surface area contributed by atoms with Gasteiger partial charge in [0.1, 0.15) is 5.82 Å². The van der Waals surface area contributed by atoms with Gasteiger partial charge in [0.05, 0.1) is 11.7 Å². The number of imidazole rings is 1. The molecule has 0 radical (unpaired) electrons. The van der Waals surface area contributed by atoms with E-state index in [2.05, 4.69) is 21.9 Å². The second-order valence-corrected chi connectivity index (χ2v) is 3.96. The molecule has 0 aromatic carbocycles. The van der Waals surface area contributed by atoms with Crippen molar-refractivity contribution in [1.29, 1.82) is 0 Å². The molecule has 4 heteroatoms. The largest absolute Gasteiger partial charge is 0.345 e. The van der Waals surface area contributed by atoms with Crippen LogP contribution in [-0.2, 0) is 6.42 Å². The fraction of sp³-hybridized carbons (Fsp3) is 0.700. The van der Waals surface area contributed by atoms with Crippen LogP contribution in [-0.4, -0.2) is 35.0 Å². The molecule has 4 nitrogen and oxygen atoms in total. The topological polar surface area (TPSA) is 57.9 Å². The molecular formula is C10H18N4. The minimum atomic E-state index is 0.536. The maximum Gasteiger partial charge on any atom is 0.107 e. The summed E-state index contributed by atoms with van der Waals surface area (Å²) >= 11 is 0. The zero-order valence-electron chi connectivity index (χ0n) is 8.66. The van der Waals surface area contributed by atoms with Gasteiger partial charge in [-0.3, -0.25) is 4.90 Å². The van der Waals surface area contributed by atoms with E-state index in [1.54, 1.807) is 0 Å². The summed E-state index contributed by atoms with van der Waals surface area (Å²) in [6.45, 7) is 1.85. The van der Waals surface area contributed by atoms with Crippen molar-refractivity contribution in [1.82, 2.24) is 14.9 Å². The van der Waals surface area contributed by atoms with E-state index >= 15 is 0 Å². The van der Waals surface area contributed by atoms with Gasteiger partial charge in [0.25, 0.3) is 0 Å². The Morgan fingerprint density at radius 1 is 1.71 bits per heavy atom.